The van der Waals surface area contributed by atoms with Crippen LogP contribution >= 0.6 is 11.6 Å². The third kappa shape index (κ3) is 4.84. The lowest BCUT2D eigenvalue weighted by Gasteiger charge is -2.31. The van der Waals surface area contributed by atoms with Crippen LogP contribution in [0.25, 0.3) is 0 Å². The van der Waals surface area contributed by atoms with E-state index in [9.17, 15) is 22.8 Å². The molecule has 0 saturated carbocycles. The number of carbonyl (C=O) groups excluding carboxylic acids is 1. The fraction of sp³-hybridized carbons (Fsp3) is 0.292. The Morgan fingerprint density at radius 1 is 1.14 bits per heavy atom. The van der Waals surface area contributed by atoms with E-state index >= 15 is 0 Å². The molecule has 7 nitrogen and oxygen atoms in total. The Bertz CT molecular complexity index is 1320. The smallest absolute Gasteiger partial charge is 0.278 e. The zero-order valence-electron chi connectivity index (χ0n) is 19.3. The third-order valence-electron chi connectivity index (χ3n) is 5.83. The Labute approximate surface area is 204 Å². The van der Waals surface area contributed by atoms with E-state index in [4.69, 9.17) is 11.6 Å². The maximum Gasteiger partial charge on any atom is 0.278 e. The summed E-state index contributed by atoms with van der Waals surface area (Å²) in [5, 5.41) is 5.41. The van der Waals surface area contributed by atoms with Crippen molar-refractivity contribution in [2.24, 2.45) is 0 Å². The first kappa shape index (κ1) is 24.6. The van der Waals surface area contributed by atoms with E-state index in [1.807, 2.05) is 19.1 Å². The first-order chi connectivity index (χ1) is 16.6. The maximum atomic E-state index is 14.2. The Hall–Kier alpha value is -3.53. The molecule has 1 N–H and O–H groups in total. The molecule has 0 saturated heterocycles. The topological polar surface area (TPSA) is 70.5 Å². The number of fused-ring (bicyclic) bond motifs is 1. The highest BCUT2D eigenvalue weighted by atomic mass is 35.5. The van der Waals surface area contributed by atoms with Gasteiger partial charge in [0.2, 0.25) is 5.95 Å². The Balaban J connectivity index is 1.66. The molecule has 1 aliphatic heterocycles. The highest BCUT2D eigenvalue weighted by Crippen LogP contribution is 2.24. The van der Waals surface area contributed by atoms with Gasteiger partial charge in [0, 0.05) is 44.2 Å². The third-order valence-corrected chi connectivity index (χ3v) is 6.08. The van der Waals surface area contributed by atoms with Gasteiger partial charge in [0.15, 0.2) is 0 Å². The van der Waals surface area contributed by atoms with Crippen LogP contribution in [-0.2, 0) is 13.0 Å². The molecule has 4 rings (SSSR count). The molecule has 35 heavy (non-hydrogen) atoms. The summed E-state index contributed by atoms with van der Waals surface area (Å²) in [6.07, 6.45) is 0.207. The molecular formula is C24H23ClF3N5O2. The van der Waals surface area contributed by atoms with Crippen molar-refractivity contribution in [3.63, 3.8) is 0 Å². The molecule has 0 fully saturated rings. The monoisotopic (exact) mass is 505 g/mol. The molecule has 1 aliphatic rings. The second-order valence-electron chi connectivity index (χ2n) is 8.46. The molecule has 1 amide bonds. The van der Waals surface area contributed by atoms with Crippen LogP contribution in [0.3, 0.4) is 0 Å². The molecule has 0 unspecified atom stereocenters. The molecule has 184 valence electrons. The summed E-state index contributed by atoms with van der Waals surface area (Å²) in [6.45, 7) is 1.82. The number of benzene rings is 2. The number of nitrogens with zero attached hydrogens (tertiary/aromatic N) is 4. The lowest BCUT2D eigenvalue weighted by Crippen LogP contribution is -2.46. The summed E-state index contributed by atoms with van der Waals surface area (Å²) in [4.78, 5) is 32.1. The summed E-state index contributed by atoms with van der Waals surface area (Å²) >= 11 is 5.97. The molecule has 0 spiro atoms. The van der Waals surface area contributed by atoms with Gasteiger partial charge in [0.05, 0.1) is 23.8 Å². The van der Waals surface area contributed by atoms with Crippen molar-refractivity contribution in [3.05, 3.63) is 91.6 Å². The van der Waals surface area contributed by atoms with Gasteiger partial charge in [-0.15, -0.1) is 0 Å². The minimum absolute atomic E-state index is 0.0900. The van der Waals surface area contributed by atoms with Gasteiger partial charge in [-0.3, -0.25) is 9.59 Å². The minimum atomic E-state index is -1.29. The van der Waals surface area contributed by atoms with E-state index in [2.05, 4.69) is 10.3 Å². The van der Waals surface area contributed by atoms with E-state index < -0.39 is 34.5 Å². The summed E-state index contributed by atoms with van der Waals surface area (Å²) in [7, 11) is 3.34. The quantitative estimate of drug-likeness (QED) is 0.570. The Morgan fingerprint density at radius 3 is 2.37 bits per heavy atom. The van der Waals surface area contributed by atoms with Gasteiger partial charge in [-0.25, -0.2) is 18.2 Å². The van der Waals surface area contributed by atoms with Gasteiger partial charge in [-0.2, -0.15) is 4.68 Å². The molecule has 0 radical (unpaired) electrons. The minimum Gasteiger partial charge on any atom is -0.348 e. The molecular weight excluding hydrogens is 483 g/mol. The average Bonchev–Trinajstić information content (AvgIpc) is 2.78. The lowest BCUT2D eigenvalue weighted by molar-refractivity contribution is 0.0722. The van der Waals surface area contributed by atoms with Crippen LogP contribution < -0.4 is 15.9 Å². The van der Waals surface area contributed by atoms with Crippen LogP contribution in [0.15, 0.2) is 41.2 Å². The van der Waals surface area contributed by atoms with Crippen molar-refractivity contribution in [2.75, 3.05) is 31.0 Å². The first-order valence-corrected chi connectivity index (χ1v) is 11.2. The lowest BCUT2D eigenvalue weighted by atomic mass is 10.0. The van der Waals surface area contributed by atoms with Crippen molar-refractivity contribution in [1.82, 2.24) is 14.6 Å². The number of amides is 1. The van der Waals surface area contributed by atoms with Crippen molar-refractivity contribution >= 4 is 23.5 Å². The van der Waals surface area contributed by atoms with Gasteiger partial charge in [0.1, 0.15) is 23.0 Å². The zero-order chi connectivity index (χ0) is 25.4. The zero-order valence-corrected chi connectivity index (χ0v) is 20.0. The number of anilines is 1. The van der Waals surface area contributed by atoms with E-state index in [0.717, 1.165) is 10.5 Å². The largest absolute Gasteiger partial charge is 0.348 e. The van der Waals surface area contributed by atoms with E-state index in [1.54, 1.807) is 31.2 Å². The van der Waals surface area contributed by atoms with Crippen molar-refractivity contribution in [3.8, 4) is 0 Å². The van der Waals surface area contributed by atoms with Gasteiger partial charge in [-0.05, 0) is 24.6 Å². The predicted octanol–water partition coefficient (Wildman–Crippen LogP) is 3.88. The second-order valence-corrected chi connectivity index (χ2v) is 8.90. The predicted molar refractivity (Wildman–Crippen MR) is 127 cm³/mol. The molecule has 2 aromatic carbocycles. The van der Waals surface area contributed by atoms with Gasteiger partial charge < -0.3 is 15.2 Å². The fourth-order valence-corrected chi connectivity index (χ4v) is 4.16. The number of nitrogens with one attached hydrogen (secondary N) is 1. The fourth-order valence-electron chi connectivity index (χ4n) is 4.04. The normalized spacial score (nSPS) is 13.9. The van der Waals surface area contributed by atoms with Crippen LogP contribution in [0.4, 0.5) is 19.1 Å². The van der Waals surface area contributed by atoms with Crippen LogP contribution in [-0.4, -0.2) is 41.1 Å². The number of aromatic nitrogens is 2. The van der Waals surface area contributed by atoms with Gasteiger partial charge >= 0.3 is 0 Å². The first-order valence-electron chi connectivity index (χ1n) is 10.8. The molecule has 0 aliphatic carbocycles. The van der Waals surface area contributed by atoms with Crippen molar-refractivity contribution in [1.29, 1.82) is 0 Å². The number of hydrogen-bond donors (Lipinski definition) is 1. The van der Waals surface area contributed by atoms with Crippen LogP contribution in [0.1, 0.15) is 40.1 Å². The number of hydrogen-bond acceptors (Lipinski definition) is 5. The van der Waals surface area contributed by atoms with E-state index in [-0.39, 0.29) is 31.1 Å². The average molecular weight is 506 g/mol. The number of carbonyl (C=O) groups is 1. The Kier molecular flexibility index (Phi) is 6.75. The molecule has 0 bridgehead atoms. The van der Waals surface area contributed by atoms with Crippen LogP contribution in [0, 0.1) is 17.5 Å². The molecule has 11 heteroatoms. The van der Waals surface area contributed by atoms with Crippen molar-refractivity contribution < 1.29 is 18.0 Å². The van der Waals surface area contributed by atoms with Gasteiger partial charge in [0.25, 0.3) is 11.5 Å². The highest BCUT2D eigenvalue weighted by molar-refractivity contribution is 6.30. The summed E-state index contributed by atoms with van der Waals surface area (Å²) in [6, 6.07) is 7.99. The summed E-state index contributed by atoms with van der Waals surface area (Å²) in [5.41, 5.74) is 0.398. The standard InChI is InChI=1S/C24H23ClF3N5O2/c1-13(14-4-6-15(25)7-5-14)29-24-30-20-8-9-32(12-17(20)22(34)33(24)31(2)3)23(35)21-18(27)10-16(26)11-19(21)28/h4-7,10-11,13H,8-9,12H2,1-3H3,(H,29,30)/t13-/m0/s1. The molecule has 1 atom stereocenters. The Morgan fingerprint density at radius 2 is 1.77 bits per heavy atom. The van der Waals surface area contributed by atoms with E-state index in [0.29, 0.717) is 28.8 Å². The molecule has 1 aromatic heterocycles. The van der Waals surface area contributed by atoms with Gasteiger partial charge in [-0.1, -0.05) is 23.7 Å². The van der Waals surface area contributed by atoms with Crippen molar-refractivity contribution in [2.45, 2.75) is 25.9 Å². The molecule has 3 aromatic rings. The van der Waals surface area contributed by atoms with Crippen LogP contribution in [0.2, 0.25) is 5.02 Å². The number of rotatable bonds is 5. The second kappa shape index (κ2) is 9.61. The number of halogens is 4. The SMILES string of the molecule is C[C@H](Nc1nc2c(c(=O)n1N(C)C)CN(C(=O)c1c(F)cc(F)cc1F)CC2)c1ccc(Cl)cc1. The van der Waals surface area contributed by atoms with E-state index in [1.165, 1.54) is 4.68 Å². The summed E-state index contributed by atoms with van der Waals surface area (Å²) < 4.78 is 42.9. The summed E-state index contributed by atoms with van der Waals surface area (Å²) in [5.74, 6) is -4.35. The highest BCUT2D eigenvalue weighted by Gasteiger charge is 2.30. The van der Waals surface area contributed by atoms with Crippen LogP contribution in [0.5, 0.6) is 0 Å². The molecule has 2 heterocycles. The maximum absolute atomic E-state index is 14.2.